The predicted octanol–water partition coefficient (Wildman–Crippen LogP) is 4.29. The zero-order valence-corrected chi connectivity index (χ0v) is 17.0. The predicted molar refractivity (Wildman–Crippen MR) is 104 cm³/mol. The molecule has 3 rings (SSSR count). The zero-order chi connectivity index (χ0) is 18.4. The number of ether oxygens (including phenoxy) is 1. The third-order valence-electron chi connectivity index (χ3n) is 6.22. The van der Waals surface area contributed by atoms with Crippen LogP contribution in [0, 0.1) is 5.92 Å². The van der Waals surface area contributed by atoms with E-state index >= 15 is 0 Å². The number of methoxy groups -OCH3 is 1. The van der Waals surface area contributed by atoms with E-state index in [0.717, 1.165) is 30.5 Å². The van der Waals surface area contributed by atoms with Crippen LogP contribution >= 0.6 is 15.9 Å². The molecule has 25 heavy (non-hydrogen) atoms. The molecule has 0 unspecified atom stereocenters. The molecule has 0 amide bonds. The second kappa shape index (κ2) is 6.88. The first kappa shape index (κ1) is 18.7. The van der Waals surface area contributed by atoms with Crippen LogP contribution in [0.5, 0.6) is 5.75 Å². The topological polar surface area (TPSA) is 46.5 Å². The van der Waals surface area contributed by atoms with Gasteiger partial charge in [0.25, 0.3) is 0 Å². The van der Waals surface area contributed by atoms with E-state index < -0.39 is 6.10 Å². The lowest BCUT2D eigenvalue weighted by molar-refractivity contribution is -0.106. The summed E-state index contributed by atoms with van der Waals surface area (Å²) in [6.07, 6.45) is 2.65. The van der Waals surface area contributed by atoms with E-state index in [4.69, 9.17) is 4.74 Å². The molecule has 0 saturated heterocycles. The highest BCUT2D eigenvalue weighted by atomic mass is 79.9. The van der Waals surface area contributed by atoms with Gasteiger partial charge in [-0.15, -0.1) is 0 Å². The second-order valence-electron chi connectivity index (χ2n) is 7.83. The molecule has 1 aromatic rings. The van der Waals surface area contributed by atoms with E-state index in [1.54, 1.807) is 7.11 Å². The number of carbonyl (C=O) groups is 1. The molecule has 136 valence electrons. The van der Waals surface area contributed by atoms with Crippen LogP contribution in [0.15, 0.2) is 23.3 Å². The Kier molecular flexibility index (Phi) is 5.13. The highest BCUT2D eigenvalue weighted by Gasteiger charge is 2.48. The number of allylic oxidation sites excluding steroid dienone is 1. The number of benzene rings is 1. The van der Waals surface area contributed by atoms with Crippen molar-refractivity contribution < 1.29 is 14.6 Å². The summed E-state index contributed by atoms with van der Waals surface area (Å²) >= 11 is 3.55. The number of fused-ring (bicyclic) bond motifs is 3. The maximum atomic E-state index is 11.5. The number of hydrogen-bond donors (Lipinski definition) is 1. The molecule has 0 spiro atoms. The Morgan fingerprint density at radius 3 is 2.72 bits per heavy atom. The van der Waals surface area contributed by atoms with Crippen molar-refractivity contribution in [2.75, 3.05) is 12.4 Å². The van der Waals surface area contributed by atoms with E-state index in [1.807, 2.05) is 0 Å². The monoisotopic (exact) mass is 406 g/mol. The fraction of sp³-hybridized carbons (Fsp3) is 0.571. The number of hydrogen-bond acceptors (Lipinski definition) is 3. The Bertz CT molecular complexity index is 722. The first-order valence-corrected chi connectivity index (χ1v) is 10.1. The van der Waals surface area contributed by atoms with Gasteiger partial charge in [-0.05, 0) is 53.4 Å². The van der Waals surface area contributed by atoms with E-state index in [1.165, 1.54) is 16.7 Å². The van der Waals surface area contributed by atoms with Gasteiger partial charge in [0.05, 0.1) is 13.2 Å². The van der Waals surface area contributed by atoms with Crippen molar-refractivity contribution in [3.63, 3.8) is 0 Å². The highest BCUT2D eigenvalue weighted by molar-refractivity contribution is 9.09. The van der Waals surface area contributed by atoms with Gasteiger partial charge in [0.1, 0.15) is 12.0 Å². The van der Waals surface area contributed by atoms with Crippen molar-refractivity contribution in [3.05, 3.63) is 40.0 Å². The molecule has 2 aliphatic carbocycles. The smallest absolute Gasteiger partial charge is 0.148 e. The number of halogens is 1. The molecule has 3 nitrogen and oxygen atoms in total. The summed E-state index contributed by atoms with van der Waals surface area (Å²) in [4.78, 5) is 11.5. The molecule has 0 radical (unpaired) electrons. The lowest BCUT2D eigenvalue weighted by Gasteiger charge is -2.49. The molecule has 0 heterocycles. The SMILES string of the molecule is COc1c(C(C)C)ccc2c1CC[C@H]1C(CBr)=C(C=O)[C@@H](O)C[C@]21C. The summed E-state index contributed by atoms with van der Waals surface area (Å²) in [6.45, 7) is 6.60. The molecular formula is C21H27BrO3. The largest absolute Gasteiger partial charge is 0.496 e. The molecule has 0 aromatic heterocycles. The zero-order valence-electron chi connectivity index (χ0n) is 15.4. The summed E-state index contributed by atoms with van der Waals surface area (Å²) in [6, 6.07) is 4.40. The Morgan fingerprint density at radius 1 is 1.44 bits per heavy atom. The molecule has 1 N–H and O–H groups in total. The average molecular weight is 407 g/mol. The third kappa shape index (κ3) is 2.78. The van der Waals surface area contributed by atoms with Crippen molar-refractivity contribution >= 4 is 22.2 Å². The van der Waals surface area contributed by atoms with Crippen molar-refractivity contribution in [3.8, 4) is 5.75 Å². The van der Waals surface area contributed by atoms with Gasteiger partial charge < -0.3 is 9.84 Å². The molecule has 3 atom stereocenters. The van der Waals surface area contributed by atoms with Gasteiger partial charge in [0.2, 0.25) is 0 Å². The molecular weight excluding hydrogens is 380 g/mol. The Labute approximate surface area is 158 Å². The molecule has 0 bridgehead atoms. The third-order valence-corrected chi connectivity index (χ3v) is 6.83. The van der Waals surface area contributed by atoms with Gasteiger partial charge >= 0.3 is 0 Å². The Balaban J connectivity index is 2.19. The number of aldehydes is 1. The van der Waals surface area contributed by atoms with Crippen LogP contribution in [0.3, 0.4) is 0 Å². The molecule has 1 aromatic carbocycles. The molecule has 0 fully saturated rings. The van der Waals surface area contributed by atoms with Crippen LogP contribution < -0.4 is 4.74 Å². The van der Waals surface area contributed by atoms with Gasteiger partial charge in [0.15, 0.2) is 0 Å². The van der Waals surface area contributed by atoms with Gasteiger partial charge in [0, 0.05) is 16.3 Å². The minimum atomic E-state index is -0.701. The average Bonchev–Trinajstić information content (AvgIpc) is 2.58. The van der Waals surface area contributed by atoms with E-state index in [0.29, 0.717) is 23.2 Å². The van der Waals surface area contributed by atoms with Gasteiger partial charge in [-0.3, -0.25) is 4.79 Å². The minimum absolute atomic E-state index is 0.175. The quantitative estimate of drug-likeness (QED) is 0.598. The van der Waals surface area contributed by atoms with Crippen LogP contribution in [-0.4, -0.2) is 29.9 Å². The van der Waals surface area contributed by atoms with Crippen molar-refractivity contribution in [1.82, 2.24) is 0 Å². The summed E-state index contributed by atoms with van der Waals surface area (Å²) in [5, 5.41) is 11.3. The summed E-state index contributed by atoms with van der Waals surface area (Å²) in [5.41, 5.74) is 5.26. The van der Waals surface area contributed by atoms with Crippen molar-refractivity contribution in [2.24, 2.45) is 5.92 Å². The summed E-state index contributed by atoms with van der Waals surface area (Å²) in [5.74, 6) is 1.69. The number of aliphatic hydroxyl groups excluding tert-OH is 1. The van der Waals surface area contributed by atoms with Crippen LogP contribution in [0.2, 0.25) is 0 Å². The molecule has 2 aliphatic rings. The highest BCUT2D eigenvalue weighted by Crippen LogP contribution is 2.54. The Morgan fingerprint density at radius 2 is 2.16 bits per heavy atom. The van der Waals surface area contributed by atoms with Gasteiger partial charge in [-0.25, -0.2) is 0 Å². The molecule has 0 saturated carbocycles. The lowest BCUT2D eigenvalue weighted by Crippen LogP contribution is -2.46. The van der Waals surface area contributed by atoms with E-state index in [9.17, 15) is 9.90 Å². The van der Waals surface area contributed by atoms with Crippen molar-refractivity contribution in [2.45, 2.75) is 57.5 Å². The first-order chi connectivity index (χ1) is 11.9. The first-order valence-electron chi connectivity index (χ1n) is 9.01. The van der Waals surface area contributed by atoms with Crippen LogP contribution in [-0.2, 0) is 16.6 Å². The van der Waals surface area contributed by atoms with Crippen LogP contribution in [0.25, 0.3) is 0 Å². The maximum absolute atomic E-state index is 11.5. The maximum Gasteiger partial charge on any atom is 0.148 e. The number of carbonyl (C=O) groups excluding carboxylic acids is 1. The number of aliphatic hydroxyl groups is 1. The van der Waals surface area contributed by atoms with Gasteiger partial charge in [-0.1, -0.05) is 48.8 Å². The fourth-order valence-corrected chi connectivity index (χ4v) is 5.70. The van der Waals surface area contributed by atoms with E-state index in [-0.39, 0.29) is 11.3 Å². The standard InChI is InChI=1S/C21H27BrO3/c1-12(2)13-5-7-17-14(20(13)25-4)6-8-18-15(10-22)16(11-23)19(24)9-21(17,18)3/h5,7,11-12,18-19,24H,6,8-10H2,1-4H3/t18-,19-,21+/m0/s1. The fourth-order valence-electron chi connectivity index (χ4n) is 4.98. The number of rotatable bonds is 4. The van der Waals surface area contributed by atoms with Crippen molar-refractivity contribution in [1.29, 1.82) is 0 Å². The number of alkyl halides is 1. The molecule has 0 aliphatic heterocycles. The van der Waals surface area contributed by atoms with Crippen LogP contribution in [0.1, 0.15) is 56.2 Å². The lowest BCUT2D eigenvalue weighted by atomic mass is 9.56. The summed E-state index contributed by atoms with van der Waals surface area (Å²) < 4.78 is 5.81. The normalized spacial score (nSPS) is 28.6. The Hall–Kier alpha value is -1.13. The van der Waals surface area contributed by atoms with E-state index in [2.05, 4.69) is 48.8 Å². The van der Waals surface area contributed by atoms with Gasteiger partial charge in [-0.2, -0.15) is 0 Å². The molecule has 4 heteroatoms. The minimum Gasteiger partial charge on any atom is -0.496 e. The summed E-state index contributed by atoms with van der Waals surface area (Å²) in [7, 11) is 1.75. The van der Waals surface area contributed by atoms with Crippen LogP contribution in [0.4, 0.5) is 0 Å². The second-order valence-corrected chi connectivity index (χ2v) is 8.39.